The molecule has 88 valence electrons. The van der Waals surface area contributed by atoms with E-state index < -0.39 is 0 Å². The SMILES string of the molecule is Cc1cnc(C(=O)CCc2cnn(C)c2)nc1. The highest BCUT2D eigenvalue weighted by atomic mass is 16.1. The maximum Gasteiger partial charge on any atom is 0.200 e. The van der Waals surface area contributed by atoms with Crippen molar-refractivity contribution >= 4 is 5.78 Å². The number of ketones is 1. The van der Waals surface area contributed by atoms with Crippen LogP contribution in [0.25, 0.3) is 0 Å². The van der Waals surface area contributed by atoms with Gasteiger partial charge in [0.05, 0.1) is 6.20 Å². The number of nitrogens with zero attached hydrogens (tertiary/aromatic N) is 4. The summed E-state index contributed by atoms with van der Waals surface area (Å²) >= 11 is 0. The van der Waals surface area contributed by atoms with Crippen molar-refractivity contribution in [3.05, 3.63) is 41.7 Å². The molecule has 0 atom stereocenters. The van der Waals surface area contributed by atoms with Gasteiger partial charge in [-0.3, -0.25) is 9.48 Å². The summed E-state index contributed by atoms with van der Waals surface area (Å²) in [5.74, 6) is 0.258. The molecular formula is C12H14N4O. The molecule has 0 N–H and O–H groups in total. The van der Waals surface area contributed by atoms with Crippen LogP contribution in [0, 0.1) is 6.92 Å². The number of carbonyl (C=O) groups excluding carboxylic acids is 1. The predicted octanol–water partition coefficient (Wildman–Crippen LogP) is 1.33. The van der Waals surface area contributed by atoms with Gasteiger partial charge in [0.2, 0.25) is 0 Å². The van der Waals surface area contributed by atoms with Crippen LogP contribution in [0.2, 0.25) is 0 Å². The Morgan fingerprint density at radius 2 is 2.00 bits per heavy atom. The summed E-state index contributed by atoms with van der Waals surface area (Å²) < 4.78 is 1.72. The lowest BCUT2D eigenvalue weighted by atomic mass is 10.1. The molecule has 2 aromatic heterocycles. The first-order valence-corrected chi connectivity index (χ1v) is 5.44. The van der Waals surface area contributed by atoms with Crippen molar-refractivity contribution in [2.45, 2.75) is 19.8 Å². The molecule has 5 heteroatoms. The van der Waals surface area contributed by atoms with Crippen molar-refractivity contribution in [3.8, 4) is 0 Å². The second kappa shape index (κ2) is 4.86. The number of hydrogen-bond donors (Lipinski definition) is 0. The summed E-state index contributed by atoms with van der Waals surface area (Å²) in [4.78, 5) is 19.8. The average molecular weight is 230 g/mol. The lowest BCUT2D eigenvalue weighted by molar-refractivity contribution is 0.0972. The van der Waals surface area contributed by atoms with Crippen LogP contribution in [0.4, 0.5) is 0 Å². The Labute approximate surface area is 99.5 Å². The quantitative estimate of drug-likeness (QED) is 0.743. The van der Waals surface area contributed by atoms with Crippen LogP contribution in [-0.4, -0.2) is 25.5 Å². The molecule has 0 fully saturated rings. The third kappa shape index (κ3) is 2.96. The van der Waals surface area contributed by atoms with E-state index in [1.54, 1.807) is 23.3 Å². The van der Waals surface area contributed by atoms with E-state index in [1.165, 1.54) is 0 Å². The van der Waals surface area contributed by atoms with Crippen LogP contribution in [-0.2, 0) is 13.5 Å². The smallest absolute Gasteiger partial charge is 0.200 e. The number of carbonyl (C=O) groups is 1. The fourth-order valence-electron chi connectivity index (χ4n) is 1.51. The third-order valence-electron chi connectivity index (χ3n) is 2.43. The Morgan fingerprint density at radius 3 is 2.59 bits per heavy atom. The molecule has 0 amide bonds. The second-order valence-electron chi connectivity index (χ2n) is 4.03. The molecule has 2 rings (SSSR count). The van der Waals surface area contributed by atoms with Gasteiger partial charge < -0.3 is 0 Å². The molecule has 0 bridgehead atoms. The van der Waals surface area contributed by atoms with Gasteiger partial charge >= 0.3 is 0 Å². The average Bonchev–Trinajstić information content (AvgIpc) is 2.73. The molecule has 2 heterocycles. The van der Waals surface area contributed by atoms with Gasteiger partial charge in [-0.2, -0.15) is 5.10 Å². The number of aromatic nitrogens is 4. The van der Waals surface area contributed by atoms with Gasteiger partial charge in [0.15, 0.2) is 11.6 Å². The topological polar surface area (TPSA) is 60.7 Å². The molecule has 0 aliphatic heterocycles. The monoisotopic (exact) mass is 230 g/mol. The van der Waals surface area contributed by atoms with Crippen molar-refractivity contribution in [2.24, 2.45) is 7.05 Å². The Balaban J connectivity index is 1.95. The van der Waals surface area contributed by atoms with Gasteiger partial charge in [0.25, 0.3) is 0 Å². The number of Topliss-reactive ketones (excluding diaryl/α,β-unsaturated/α-hetero) is 1. The molecule has 5 nitrogen and oxygen atoms in total. The molecule has 0 aliphatic carbocycles. The van der Waals surface area contributed by atoms with Gasteiger partial charge in [-0.15, -0.1) is 0 Å². The Morgan fingerprint density at radius 1 is 1.29 bits per heavy atom. The highest BCUT2D eigenvalue weighted by Gasteiger charge is 2.09. The molecule has 17 heavy (non-hydrogen) atoms. The van der Waals surface area contributed by atoms with E-state index in [2.05, 4.69) is 15.1 Å². The Hall–Kier alpha value is -2.04. The number of aryl methyl sites for hydroxylation is 3. The molecule has 0 saturated carbocycles. The van der Waals surface area contributed by atoms with Crippen molar-refractivity contribution < 1.29 is 4.79 Å². The highest BCUT2D eigenvalue weighted by Crippen LogP contribution is 2.05. The molecule has 0 unspecified atom stereocenters. The Bertz CT molecular complexity index is 516. The molecule has 0 spiro atoms. The number of rotatable bonds is 4. The lowest BCUT2D eigenvalue weighted by Gasteiger charge is -1.98. The largest absolute Gasteiger partial charge is 0.291 e. The van der Waals surface area contributed by atoms with Crippen LogP contribution < -0.4 is 0 Å². The van der Waals surface area contributed by atoms with E-state index >= 15 is 0 Å². The summed E-state index contributed by atoms with van der Waals surface area (Å²) in [6, 6.07) is 0. The molecule has 2 aromatic rings. The van der Waals surface area contributed by atoms with Gasteiger partial charge in [-0.1, -0.05) is 0 Å². The summed E-state index contributed by atoms with van der Waals surface area (Å²) in [6.07, 6.45) is 8.07. The zero-order valence-electron chi connectivity index (χ0n) is 9.92. The van der Waals surface area contributed by atoms with Crippen molar-refractivity contribution in [2.75, 3.05) is 0 Å². The Kier molecular flexibility index (Phi) is 3.27. The summed E-state index contributed by atoms with van der Waals surface area (Å²) in [5, 5.41) is 4.05. The molecule has 0 radical (unpaired) electrons. The van der Waals surface area contributed by atoms with Crippen LogP contribution in [0.3, 0.4) is 0 Å². The fourth-order valence-corrected chi connectivity index (χ4v) is 1.51. The van der Waals surface area contributed by atoms with Crippen LogP contribution in [0.5, 0.6) is 0 Å². The fraction of sp³-hybridized carbons (Fsp3) is 0.333. The van der Waals surface area contributed by atoms with E-state index in [9.17, 15) is 4.79 Å². The predicted molar refractivity (Wildman–Crippen MR) is 62.6 cm³/mol. The molecule has 0 saturated heterocycles. The summed E-state index contributed by atoms with van der Waals surface area (Å²) in [7, 11) is 1.86. The maximum atomic E-state index is 11.8. The van der Waals surface area contributed by atoms with Crippen molar-refractivity contribution in [1.29, 1.82) is 0 Å². The first kappa shape index (κ1) is 11.4. The first-order valence-electron chi connectivity index (χ1n) is 5.44. The van der Waals surface area contributed by atoms with E-state index in [1.807, 2.05) is 20.2 Å². The summed E-state index contributed by atoms with van der Waals surface area (Å²) in [6.45, 7) is 1.89. The van der Waals surface area contributed by atoms with E-state index in [-0.39, 0.29) is 5.78 Å². The first-order chi connectivity index (χ1) is 8.15. The summed E-state index contributed by atoms with van der Waals surface area (Å²) in [5.41, 5.74) is 2.00. The van der Waals surface area contributed by atoms with Gasteiger partial charge in [0, 0.05) is 32.1 Å². The van der Waals surface area contributed by atoms with Gasteiger partial charge in [0.1, 0.15) is 0 Å². The normalized spacial score (nSPS) is 10.5. The second-order valence-corrected chi connectivity index (χ2v) is 4.03. The number of hydrogen-bond acceptors (Lipinski definition) is 4. The highest BCUT2D eigenvalue weighted by molar-refractivity contribution is 5.92. The van der Waals surface area contributed by atoms with Crippen LogP contribution in [0.15, 0.2) is 24.8 Å². The molecule has 0 aliphatic rings. The zero-order chi connectivity index (χ0) is 12.3. The minimum Gasteiger partial charge on any atom is -0.291 e. The molecular weight excluding hydrogens is 216 g/mol. The van der Waals surface area contributed by atoms with E-state index in [0.29, 0.717) is 18.7 Å². The van der Waals surface area contributed by atoms with Crippen LogP contribution >= 0.6 is 0 Å². The minimum atomic E-state index is -0.0335. The standard InChI is InChI=1S/C12H14N4O/c1-9-5-13-12(14-6-9)11(17)4-3-10-7-15-16(2)8-10/h5-8H,3-4H2,1-2H3. The third-order valence-corrected chi connectivity index (χ3v) is 2.43. The van der Waals surface area contributed by atoms with Crippen molar-refractivity contribution in [3.63, 3.8) is 0 Å². The molecule has 0 aromatic carbocycles. The minimum absolute atomic E-state index is 0.0335. The van der Waals surface area contributed by atoms with Crippen molar-refractivity contribution in [1.82, 2.24) is 19.7 Å². The van der Waals surface area contributed by atoms with Gasteiger partial charge in [-0.05, 0) is 24.5 Å². The zero-order valence-corrected chi connectivity index (χ0v) is 9.92. The lowest BCUT2D eigenvalue weighted by Crippen LogP contribution is -2.06. The maximum absolute atomic E-state index is 11.8. The van der Waals surface area contributed by atoms with E-state index in [0.717, 1.165) is 11.1 Å². The van der Waals surface area contributed by atoms with Gasteiger partial charge in [-0.25, -0.2) is 9.97 Å². The van der Waals surface area contributed by atoms with Crippen LogP contribution in [0.1, 0.15) is 28.2 Å². The van der Waals surface area contributed by atoms with E-state index in [4.69, 9.17) is 0 Å².